The molecule has 594 valence electrons. The molecule has 0 N–H and O–H groups in total. The average molecular weight is 1630 g/mol. The van der Waals surface area contributed by atoms with E-state index < -0.39 is 0 Å². The number of aromatic nitrogens is 12. The monoisotopic (exact) mass is 1630 g/mol. The van der Waals surface area contributed by atoms with Gasteiger partial charge < -0.3 is 13.3 Å². The zero-order chi connectivity index (χ0) is 84.1. The molecule has 0 unspecified atom stereocenters. The summed E-state index contributed by atoms with van der Waals surface area (Å²) in [4.78, 5) is 59.6. The van der Waals surface area contributed by atoms with Gasteiger partial charge in [0.25, 0.3) is 0 Å². The van der Waals surface area contributed by atoms with Crippen LogP contribution in [0.2, 0.25) is 0 Å². The molecule has 0 amide bonds. The van der Waals surface area contributed by atoms with E-state index in [2.05, 4.69) is 133 Å². The highest BCUT2D eigenvalue weighted by molar-refractivity contribution is 6.21. The van der Waals surface area contributed by atoms with E-state index in [1.54, 1.807) is 0 Å². The highest BCUT2D eigenvalue weighted by Gasteiger charge is 2.25. The van der Waals surface area contributed by atoms with Crippen molar-refractivity contribution in [3.05, 3.63) is 413 Å². The standard InChI is InChI=1S/C40H24N4O.2C36H22N4O/c1-2-10-25(11-3-1)26-18-20-27(21-19-26)37-29-12-4-7-15-32(29)43-40(44-37)28-22-23-34(41-24-28)38-36-31-14-6-9-17-35(31)45-39(36)30-13-5-8-16-33(30)42-38;1-3-11-23(12-4-1)30-21-31(40-36(39-30)24-13-5-2-6-14-24)25-19-20-29(37-22-25)34-33-27-16-8-10-18-32(27)41-35(33)26-15-7-9-17-28(26)38-34;1-3-11-23(12-4-1)30-21-31(24-13-5-2-6-14-24)40-36(39-30)25-19-20-29(37-22-25)34-33-27-16-8-10-18-32(27)41-35(33)26-15-7-9-17-28(26)38-34/h1-24H;2*1-22H. The Balaban J connectivity index is 0.000000109. The number of rotatable bonds is 12. The van der Waals surface area contributed by atoms with Crippen LogP contribution < -0.4 is 0 Å². The summed E-state index contributed by atoms with van der Waals surface area (Å²) in [5, 5.41) is 9.93. The number of nitrogens with zero attached hydrogens (tertiary/aromatic N) is 12. The first-order valence-corrected chi connectivity index (χ1v) is 41.9. The quantitative estimate of drug-likeness (QED) is 0.112. The Kier molecular flexibility index (Phi) is 18.8. The molecule has 0 saturated carbocycles. The molecule has 0 radical (unpaired) electrons. The Morgan fingerprint density at radius 3 is 0.795 bits per heavy atom. The van der Waals surface area contributed by atoms with Gasteiger partial charge in [-0.15, -0.1) is 0 Å². The molecule has 25 rings (SSSR count). The summed E-state index contributed by atoms with van der Waals surface area (Å²) in [6.07, 6.45) is 5.54. The van der Waals surface area contributed by atoms with E-state index in [4.69, 9.17) is 73.1 Å². The van der Waals surface area contributed by atoms with Crippen molar-refractivity contribution >= 4 is 109 Å². The minimum Gasteiger partial charge on any atom is -0.455 e. The van der Waals surface area contributed by atoms with E-state index >= 15 is 0 Å². The summed E-state index contributed by atoms with van der Waals surface area (Å²) in [5.41, 5.74) is 27.4. The highest BCUT2D eigenvalue weighted by atomic mass is 16.3. The molecule has 12 heterocycles. The smallest absolute Gasteiger partial charge is 0.161 e. The molecule has 15 heteroatoms. The number of benzene rings is 13. The second-order valence-electron chi connectivity index (χ2n) is 30.9. The molecule has 12 aromatic heterocycles. The van der Waals surface area contributed by atoms with Crippen molar-refractivity contribution < 1.29 is 13.3 Å². The first-order chi connectivity index (χ1) is 62.9. The fraction of sp³-hybridized carbons (Fsp3) is 0. The molecular formula is C112H68N12O3. The highest BCUT2D eigenvalue weighted by Crippen LogP contribution is 2.44. The molecular weight excluding hydrogens is 1560 g/mol. The van der Waals surface area contributed by atoms with E-state index in [9.17, 15) is 0 Å². The Hall–Kier alpha value is -17.6. The van der Waals surface area contributed by atoms with Crippen LogP contribution in [0.5, 0.6) is 0 Å². The topological polar surface area (TPSA) is 194 Å². The Morgan fingerprint density at radius 2 is 0.425 bits per heavy atom. The SMILES string of the molecule is c1ccc(-c2cc(-c3ccc(-c4nc5ccccc5c5oc6ccccc6c45)nc3)nc(-c3ccccc3)n2)cc1.c1ccc(-c2cc(-c3ccccc3)nc(-c3ccc(-c4nc5ccccc5c5oc6ccccc6c45)nc3)n2)cc1.c1ccc(-c2ccc(-c3nc(-c4ccc(-c5nc6ccccc6c6oc7ccccc7c56)nc4)nc4ccccc34)cc2)cc1. The number of hydrogen-bond donors (Lipinski definition) is 0. The van der Waals surface area contributed by atoms with Crippen molar-refractivity contribution in [3.63, 3.8) is 0 Å². The van der Waals surface area contributed by atoms with Crippen molar-refractivity contribution in [2.45, 2.75) is 0 Å². The fourth-order valence-electron chi connectivity index (χ4n) is 16.8. The zero-order valence-corrected chi connectivity index (χ0v) is 67.9. The predicted molar refractivity (Wildman–Crippen MR) is 510 cm³/mol. The van der Waals surface area contributed by atoms with E-state index in [-0.39, 0.29) is 0 Å². The van der Waals surface area contributed by atoms with E-state index in [0.29, 0.717) is 17.5 Å². The predicted octanol–water partition coefficient (Wildman–Crippen LogP) is 28.1. The van der Waals surface area contributed by atoms with Crippen LogP contribution in [0.3, 0.4) is 0 Å². The van der Waals surface area contributed by atoms with Gasteiger partial charge in [-0.05, 0) is 120 Å². The van der Waals surface area contributed by atoms with Gasteiger partial charge in [0.1, 0.15) is 50.6 Å². The van der Waals surface area contributed by atoms with Crippen molar-refractivity contribution in [2.75, 3.05) is 0 Å². The molecule has 25 aromatic rings. The van der Waals surface area contributed by atoms with Crippen LogP contribution in [0.1, 0.15) is 0 Å². The number of hydrogen-bond acceptors (Lipinski definition) is 15. The largest absolute Gasteiger partial charge is 0.455 e. The van der Waals surface area contributed by atoms with Crippen LogP contribution in [-0.4, -0.2) is 59.8 Å². The summed E-state index contributed by atoms with van der Waals surface area (Å²) >= 11 is 0. The Bertz CT molecular complexity index is 8040. The third-order valence-electron chi connectivity index (χ3n) is 23.0. The zero-order valence-electron chi connectivity index (χ0n) is 67.9. The maximum Gasteiger partial charge on any atom is 0.161 e. The minimum absolute atomic E-state index is 0.620. The molecule has 0 fully saturated rings. The number of fused-ring (bicyclic) bond motifs is 16. The molecule has 15 nitrogen and oxygen atoms in total. The number of pyridine rings is 6. The molecule has 0 spiro atoms. The van der Waals surface area contributed by atoms with Gasteiger partial charge in [0.15, 0.2) is 17.5 Å². The average Bonchev–Trinajstić information content (AvgIpc) is 1.64. The van der Waals surface area contributed by atoms with Crippen LogP contribution >= 0.6 is 0 Å². The second kappa shape index (κ2) is 32.1. The first-order valence-electron chi connectivity index (χ1n) is 41.9. The minimum atomic E-state index is 0.620. The Morgan fingerprint density at radius 1 is 0.157 bits per heavy atom. The fourth-order valence-corrected chi connectivity index (χ4v) is 16.8. The van der Waals surface area contributed by atoms with Gasteiger partial charge in [-0.2, -0.15) is 0 Å². The van der Waals surface area contributed by atoms with Gasteiger partial charge in [-0.1, -0.05) is 285 Å². The second-order valence-corrected chi connectivity index (χ2v) is 30.9. The van der Waals surface area contributed by atoms with Gasteiger partial charge >= 0.3 is 0 Å². The van der Waals surface area contributed by atoms with Crippen molar-refractivity contribution in [1.29, 1.82) is 0 Å². The van der Waals surface area contributed by atoms with E-state index in [0.717, 1.165) is 217 Å². The molecule has 0 atom stereocenters. The van der Waals surface area contributed by atoms with Crippen LogP contribution in [0.4, 0.5) is 0 Å². The normalized spacial score (nSPS) is 11.5. The van der Waals surface area contributed by atoms with Gasteiger partial charge in [0.2, 0.25) is 0 Å². The van der Waals surface area contributed by atoms with Crippen molar-refractivity contribution in [2.24, 2.45) is 0 Å². The lowest BCUT2D eigenvalue weighted by Gasteiger charge is -2.11. The molecule has 0 aliphatic rings. The van der Waals surface area contributed by atoms with Crippen molar-refractivity contribution in [1.82, 2.24) is 59.8 Å². The lowest BCUT2D eigenvalue weighted by atomic mass is 10.0. The summed E-state index contributed by atoms with van der Waals surface area (Å²) in [6.45, 7) is 0. The summed E-state index contributed by atoms with van der Waals surface area (Å²) in [7, 11) is 0. The summed E-state index contributed by atoms with van der Waals surface area (Å²) in [5.74, 6) is 1.92. The maximum atomic E-state index is 6.36. The van der Waals surface area contributed by atoms with Crippen LogP contribution in [0, 0.1) is 0 Å². The molecule has 0 bridgehead atoms. The van der Waals surface area contributed by atoms with Gasteiger partial charge in [0, 0.05) is 101 Å². The van der Waals surface area contributed by atoms with Crippen LogP contribution in [-0.2, 0) is 0 Å². The molecule has 0 aliphatic carbocycles. The summed E-state index contributed by atoms with van der Waals surface area (Å²) < 4.78 is 19.1. The third kappa shape index (κ3) is 14.1. The summed E-state index contributed by atoms with van der Waals surface area (Å²) in [6, 6.07) is 132. The lowest BCUT2D eigenvalue weighted by molar-refractivity contribution is 0.672. The van der Waals surface area contributed by atoms with Gasteiger partial charge in [0.05, 0.1) is 83.8 Å². The third-order valence-corrected chi connectivity index (χ3v) is 23.0. The first kappa shape index (κ1) is 74.5. The van der Waals surface area contributed by atoms with Gasteiger partial charge in [-0.3, -0.25) is 15.0 Å². The number of para-hydroxylation sites is 7. The molecule has 0 aliphatic heterocycles. The maximum absolute atomic E-state index is 6.36. The van der Waals surface area contributed by atoms with Gasteiger partial charge in [-0.25, -0.2) is 44.9 Å². The Labute approximate surface area is 726 Å². The van der Waals surface area contributed by atoms with Crippen LogP contribution in [0.15, 0.2) is 426 Å². The lowest BCUT2D eigenvalue weighted by Crippen LogP contribution is -1.97. The number of furan rings is 3. The molecule has 0 saturated heterocycles. The van der Waals surface area contributed by atoms with Crippen molar-refractivity contribution in [3.8, 4) is 136 Å². The molecule has 127 heavy (non-hydrogen) atoms. The van der Waals surface area contributed by atoms with E-state index in [1.165, 1.54) is 11.1 Å². The van der Waals surface area contributed by atoms with E-state index in [1.807, 2.05) is 279 Å². The van der Waals surface area contributed by atoms with Crippen LogP contribution in [0.25, 0.3) is 245 Å². The molecule has 13 aromatic carbocycles.